The van der Waals surface area contributed by atoms with Gasteiger partial charge in [0.05, 0.1) is 28.7 Å². The zero-order chi connectivity index (χ0) is 25.4. The van der Waals surface area contributed by atoms with E-state index < -0.39 is 29.5 Å². The van der Waals surface area contributed by atoms with Crippen molar-refractivity contribution >= 4 is 35.0 Å². The fourth-order valence-electron chi connectivity index (χ4n) is 3.74. The largest absolute Gasteiger partial charge is 0.409 e. The zero-order valence-electron chi connectivity index (χ0n) is 18.4. The number of rotatable bonds is 6. The predicted octanol–water partition coefficient (Wildman–Crippen LogP) is 5.63. The molecule has 2 aromatic heterocycles. The van der Waals surface area contributed by atoms with E-state index in [0.29, 0.717) is 16.4 Å². The van der Waals surface area contributed by atoms with Crippen molar-refractivity contribution in [3.63, 3.8) is 0 Å². The highest BCUT2D eigenvalue weighted by molar-refractivity contribution is 7.11. The third-order valence-electron chi connectivity index (χ3n) is 5.75. The van der Waals surface area contributed by atoms with Crippen LogP contribution < -0.4 is 5.32 Å². The second-order valence-corrected chi connectivity index (χ2v) is 9.10. The number of thiazole rings is 1. The van der Waals surface area contributed by atoms with Crippen LogP contribution in [0.25, 0.3) is 4.85 Å². The van der Waals surface area contributed by atoms with Gasteiger partial charge in [-0.1, -0.05) is 18.7 Å². The molecule has 0 spiro atoms. The molecular formula is C24H16F4N6OS. The molecule has 5 rings (SSSR count). The standard InChI is InChI=1S/C24H16F4N6OS/c1-29-22-16(24(26,27)28)6-15(9-30-22)18-10-31-21(34-18)13-4-5-14(17(25)7-13)8-32-23(35)20-19(12-2-3-12)33-11-36-20/h4-7,9-12,21H,2-3,8H2,(H,32,35). The van der Waals surface area contributed by atoms with E-state index in [0.717, 1.165) is 30.8 Å². The molecule has 7 nitrogen and oxygen atoms in total. The first-order valence-electron chi connectivity index (χ1n) is 10.8. The molecule has 1 amide bonds. The topological polar surface area (TPSA) is 84.0 Å². The molecule has 0 radical (unpaired) electrons. The molecule has 3 heterocycles. The van der Waals surface area contributed by atoms with E-state index in [1.54, 1.807) is 11.6 Å². The van der Waals surface area contributed by atoms with Gasteiger partial charge >= 0.3 is 6.18 Å². The Labute approximate surface area is 206 Å². The van der Waals surface area contributed by atoms with E-state index in [1.165, 1.54) is 29.7 Å². The van der Waals surface area contributed by atoms with E-state index in [9.17, 15) is 22.4 Å². The predicted molar refractivity (Wildman–Crippen MR) is 125 cm³/mol. The minimum atomic E-state index is -4.74. The summed E-state index contributed by atoms with van der Waals surface area (Å²) in [6.45, 7) is 6.87. The number of carbonyl (C=O) groups excluding carboxylic acids is 1. The molecule has 3 aromatic rings. The fourth-order valence-corrected chi connectivity index (χ4v) is 4.53. The van der Waals surface area contributed by atoms with Gasteiger partial charge in [-0.25, -0.2) is 9.37 Å². The number of pyridine rings is 1. The van der Waals surface area contributed by atoms with Crippen LogP contribution in [0.1, 0.15) is 62.5 Å². The van der Waals surface area contributed by atoms with Crippen LogP contribution in [-0.4, -0.2) is 27.8 Å². The Kier molecular flexibility index (Phi) is 6.09. The molecule has 1 fully saturated rings. The molecule has 2 aliphatic rings. The molecule has 1 aliphatic heterocycles. The number of aliphatic imine (C=N–C) groups is 2. The molecule has 1 aromatic carbocycles. The quantitative estimate of drug-likeness (QED) is 0.343. The fraction of sp³-hybridized carbons (Fsp3) is 0.250. The van der Waals surface area contributed by atoms with E-state index in [1.807, 2.05) is 0 Å². The number of amides is 1. The molecule has 12 heteroatoms. The highest BCUT2D eigenvalue weighted by Gasteiger charge is 2.35. The Morgan fingerprint density at radius 3 is 2.72 bits per heavy atom. The van der Waals surface area contributed by atoms with Crippen LogP contribution in [-0.2, 0) is 12.7 Å². The third-order valence-corrected chi connectivity index (χ3v) is 6.59. The average molecular weight is 512 g/mol. The summed E-state index contributed by atoms with van der Waals surface area (Å²) >= 11 is 1.26. The number of alkyl halides is 3. The maximum Gasteiger partial charge on any atom is 0.409 e. The Balaban J connectivity index is 1.29. The molecule has 1 atom stereocenters. The molecule has 1 unspecified atom stereocenters. The van der Waals surface area contributed by atoms with E-state index in [2.05, 4.69) is 30.1 Å². The summed E-state index contributed by atoms with van der Waals surface area (Å²) in [7, 11) is 0. The number of carbonyl (C=O) groups is 1. The third kappa shape index (κ3) is 4.74. The van der Waals surface area contributed by atoms with Crippen LogP contribution >= 0.6 is 11.3 Å². The van der Waals surface area contributed by atoms with Crippen LogP contribution in [0, 0.1) is 12.4 Å². The molecule has 1 saturated carbocycles. The normalized spacial score (nSPS) is 17.1. The Morgan fingerprint density at radius 1 is 1.22 bits per heavy atom. The van der Waals surface area contributed by atoms with Gasteiger partial charge in [-0.3, -0.25) is 14.8 Å². The Morgan fingerprint density at radius 2 is 2.03 bits per heavy atom. The lowest BCUT2D eigenvalue weighted by atomic mass is 10.1. The number of aromatic nitrogens is 2. The van der Waals surface area contributed by atoms with Crippen LogP contribution in [0.3, 0.4) is 0 Å². The summed E-state index contributed by atoms with van der Waals surface area (Å²) in [5, 5.41) is 2.72. The lowest BCUT2D eigenvalue weighted by molar-refractivity contribution is -0.137. The van der Waals surface area contributed by atoms with Crippen LogP contribution in [0.15, 0.2) is 46.0 Å². The van der Waals surface area contributed by atoms with Crippen molar-refractivity contribution < 1.29 is 22.4 Å². The molecule has 0 bridgehead atoms. The second-order valence-electron chi connectivity index (χ2n) is 8.25. The molecular weight excluding hydrogens is 496 g/mol. The molecule has 36 heavy (non-hydrogen) atoms. The van der Waals surface area contributed by atoms with Crippen molar-refractivity contribution in [2.45, 2.75) is 37.6 Å². The summed E-state index contributed by atoms with van der Waals surface area (Å²) in [5.74, 6) is -1.29. The van der Waals surface area contributed by atoms with Gasteiger partial charge in [-0.15, -0.1) is 16.3 Å². The number of nitrogens with zero attached hydrogens (tertiary/aromatic N) is 5. The summed E-state index contributed by atoms with van der Waals surface area (Å²) in [4.78, 5) is 32.2. The van der Waals surface area contributed by atoms with Crippen molar-refractivity contribution in [3.8, 4) is 0 Å². The minimum absolute atomic E-state index is 0.0192. The molecule has 1 N–H and O–H groups in total. The van der Waals surface area contributed by atoms with E-state index in [4.69, 9.17) is 6.57 Å². The number of hydrogen-bond acceptors (Lipinski definition) is 6. The first-order valence-corrected chi connectivity index (χ1v) is 11.7. The Hall–Kier alpha value is -3.98. The molecule has 182 valence electrons. The van der Waals surface area contributed by atoms with Crippen molar-refractivity contribution in [1.82, 2.24) is 15.3 Å². The van der Waals surface area contributed by atoms with Crippen LogP contribution in [0.2, 0.25) is 0 Å². The number of benzene rings is 1. The second kappa shape index (κ2) is 9.23. The highest BCUT2D eigenvalue weighted by Crippen LogP contribution is 2.41. The van der Waals surface area contributed by atoms with Gasteiger partial charge in [0.15, 0.2) is 6.17 Å². The van der Waals surface area contributed by atoms with Gasteiger partial charge in [-0.05, 0) is 25.0 Å². The smallest absolute Gasteiger partial charge is 0.360 e. The van der Waals surface area contributed by atoms with Crippen molar-refractivity contribution in [1.29, 1.82) is 0 Å². The lowest BCUT2D eigenvalue weighted by Gasteiger charge is -2.10. The first-order chi connectivity index (χ1) is 17.2. The van der Waals surface area contributed by atoms with Crippen molar-refractivity contribution in [2.24, 2.45) is 9.98 Å². The number of hydrogen-bond donors (Lipinski definition) is 1. The summed E-state index contributed by atoms with van der Waals surface area (Å²) in [6.07, 6.45) is -1.14. The maximum atomic E-state index is 14.8. The summed E-state index contributed by atoms with van der Waals surface area (Å²) in [6, 6.07) is 5.15. The SMILES string of the molecule is [C-]#[N+]c1ncc(C2=NC(c3ccc(CNC(=O)c4scnc4C4CC4)c(F)c3)N=C2)cc1C(F)(F)F. The monoisotopic (exact) mass is 512 g/mol. The van der Waals surface area contributed by atoms with Gasteiger partial charge in [0.2, 0.25) is 0 Å². The minimum Gasteiger partial charge on any atom is -0.360 e. The van der Waals surface area contributed by atoms with Gasteiger partial charge < -0.3 is 10.2 Å². The average Bonchev–Trinajstić information content (AvgIpc) is 3.37. The molecule has 0 saturated heterocycles. The van der Waals surface area contributed by atoms with Crippen molar-refractivity contribution in [3.05, 3.63) is 86.0 Å². The van der Waals surface area contributed by atoms with Crippen LogP contribution in [0.4, 0.5) is 23.4 Å². The van der Waals surface area contributed by atoms with Gasteiger partial charge in [0.1, 0.15) is 16.9 Å². The lowest BCUT2D eigenvalue weighted by Crippen LogP contribution is -2.23. The first kappa shape index (κ1) is 23.7. The van der Waals surface area contributed by atoms with Crippen LogP contribution in [0.5, 0.6) is 0 Å². The molecule has 1 aliphatic carbocycles. The van der Waals surface area contributed by atoms with Gasteiger partial charge in [-0.2, -0.15) is 13.2 Å². The Bertz CT molecular complexity index is 1450. The number of nitrogens with one attached hydrogen (secondary N) is 1. The summed E-state index contributed by atoms with van der Waals surface area (Å²) in [5.41, 5.74) is 2.13. The van der Waals surface area contributed by atoms with Gasteiger partial charge in [0.25, 0.3) is 11.7 Å². The maximum absolute atomic E-state index is 14.8. The summed E-state index contributed by atoms with van der Waals surface area (Å²) < 4.78 is 54.5. The van der Waals surface area contributed by atoms with Crippen molar-refractivity contribution in [2.75, 3.05) is 0 Å². The zero-order valence-corrected chi connectivity index (χ0v) is 19.2. The van der Waals surface area contributed by atoms with E-state index in [-0.39, 0.29) is 29.3 Å². The van der Waals surface area contributed by atoms with E-state index >= 15 is 0 Å². The number of halogens is 4. The highest BCUT2D eigenvalue weighted by atomic mass is 32.1. The van der Waals surface area contributed by atoms with Gasteiger partial charge in [0, 0.05) is 29.2 Å².